The first-order chi connectivity index (χ1) is 10.4. The Morgan fingerprint density at radius 1 is 1.43 bits per heavy atom. The van der Waals surface area contributed by atoms with Crippen LogP contribution in [0.15, 0.2) is 10.4 Å². The molecule has 1 heterocycles. The van der Waals surface area contributed by atoms with Crippen LogP contribution in [0.2, 0.25) is 0 Å². The molecule has 0 bridgehead atoms. The van der Waals surface area contributed by atoms with E-state index in [1.807, 2.05) is 6.92 Å². The number of halogens is 4. The largest absolute Gasteiger partial charge is 0.434 e. The zero-order valence-corrected chi connectivity index (χ0v) is 16.3. The minimum Gasteiger partial charge on any atom is -0.357 e. The number of hydrogen-bond acceptors (Lipinski definition) is 3. The molecule has 2 atom stereocenters. The minimum absolute atomic E-state index is 0. The summed E-state index contributed by atoms with van der Waals surface area (Å²) in [7, 11) is 0. The lowest BCUT2D eigenvalue weighted by Gasteiger charge is -2.10. The molecule has 1 aliphatic rings. The molecule has 4 nitrogen and oxygen atoms in total. The number of nitrogens with zero attached hydrogens (tertiary/aromatic N) is 2. The smallest absolute Gasteiger partial charge is 0.357 e. The normalized spacial score (nSPS) is 20.8. The maximum Gasteiger partial charge on any atom is 0.434 e. The van der Waals surface area contributed by atoms with Gasteiger partial charge in [-0.2, -0.15) is 13.2 Å². The third-order valence-electron chi connectivity index (χ3n) is 3.46. The highest BCUT2D eigenvalue weighted by Crippen LogP contribution is 2.34. The molecular formula is C14H22F3IN4S. The zero-order chi connectivity index (χ0) is 16.2. The van der Waals surface area contributed by atoms with Gasteiger partial charge in [-0.25, -0.2) is 9.98 Å². The van der Waals surface area contributed by atoms with Crippen molar-refractivity contribution in [2.45, 2.75) is 51.9 Å². The summed E-state index contributed by atoms with van der Waals surface area (Å²) in [5, 5.41) is 7.84. The Morgan fingerprint density at radius 3 is 2.74 bits per heavy atom. The van der Waals surface area contributed by atoms with Crippen molar-refractivity contribution in [3.63, 3.8) is 0 Å². The summed E-state index contributed by atoms with van der Waals surface area (Å²) >= 11 is 0.986. The molecule has 9 heteroatoms. The van der Waals surface area contributed by atoms with E-state index in [9.17, 15) is 13.2 Å². The van der Waals surface area contributed by atoms with Crippen molar-refractivity contribution in [2.24, 2.45) is 10.9 Å². The number of hydrogen-bond donors (Lipinski definition) is 2. The molecule has 0 radical (unpaired) electrons. The Balaban J connectivity index is 0.00000264. The fourth-order valence-electron chi connectivity index (χ4n) is 2.27. The van der Waals surface area contributed by atoms with Crippen LogP contribution < -0.4 is 10.6 Å². The first-order valence-corrected chi connectivity index (χ1v) is 8.38. The molecule has 1 fully saturated rings. The second-order valence-corrected chi connectivity index (χ2v) is 6.30. The van der Waals surface area contributed by atoms with E-state index in [1.54, 1.807) is 0 Å². The molecule has 23 heavy (non-hydrogen) atoms. The molecule has 2 rings (SSSR count). The number of nitrogens with one attached hydrogen (secondary N) is 2. The van der Waals surface area contributed by atoms with Gasteiger partial charge in [-0.3, -0.25) is 0 Å². The third-order valence-corrected chi connectivity index (χ3v) is 4.30. The second-order valence-electron chi connectivity index (χ2n) is 5.35. The lowest BCUT2D eigenvalue weighted by Crippen LogP contribution is -2.39. The van der Waals surface area contributed by atoms with Gasteiger partial charge in [0.2, 0.25) is 0 Å². The molecule has 2 unspecified atom stereocenters. The predicted octanol–water partition coefficient (Wildman–Crippen LogP) is 4.02. The Hall–Kier alpha value is -0.580. The molecule has 0 spiro atoms. The molecule has 1 aromatic heterocycles. The van der Waals surface area contributed by atoms with Crippen molar-refractivity contribution in [3.05, 3.63) is 16.1 Å². The standard InChI is InChI=1S/C14H21F3N4S.HI/c1-3-5-9-6-10(9)20-13(18-4-2)19-7-12-21-11(8-22-12)14(15,16)17;/h8-10H,3-7H2,1-2H3,(H2,18,19,20);1H. The molecular weight excluding hydrogens is 440 g/mol. The summed E-state index contributed by atoms with van der Waals surface area (Å²) < 4.78 is 37.5. The molecule has 0 amide bonds. The monoisotopic (exact) mass is 462 g/mol. The number of thiazole rings is 1. The predicted molar refractivity (Wildman–Crippen MR) is 97.3 cm³/mol. The van der Waals surface area contributed by atoms with Crippen LogP contribution in [-0.4, -0.2) is 23.5 Å². The average Bonchev–Trinajstić information content (AvgIpc) is 2.99. The van der Waals surface area contributed by atoms with Gasteiger partial charge < -0.3 is 10.6 Å². The van der Waals surface area contributed by atoms with Crippen molar-refractivity contribution in [2.75, 3.05) is 6.54 Å². The Kier molecular flexibility index (Phi) is 8.05. The van der Waals surface area contributed by atoms with Gasteiger partial charge in [0, 0.05) is 18.0 Å². The van der Waals surface area contributed by atoms with Gasteiger partial charge in [-0.1, -0.05) is 13.3 Å². The highest BCUT2D eigenvalue weighted by Gasteiger charge is 2.36. The SMILES string of the molecule is CCCC1CC1NC(=NCc1nc(C(F)(F)F)cs1)NCC.I. The fourth-order valence-corrected chi connectivity index (χ4v) is 2.99. The number of aromatic nitrogens is 1. The molecule has 0 saturated heterocycles. The molecule has 0 aromatic carbocycles. The van der Waals surface area contributed by atoms with Crippen molar-refractivity contribution in [1.29, 1.82) is 0 Å². The second kappa shape index (κ2) is 9.05. The summed E-state index contributed by atoms with van der Waals surface area (Å²) in [5.74, 6) is 1.33. The molecule has 132 valence electrons. The van der Waals surface area contributed by atoms with Gasteiger partial charge in [0.25, 0.3) is 0 Å². The topological polar surface area (TPSA) is 49.3 Å². The van der Waals surface area contributed by atoms with Crippen LogP contribution >= 0.6 is 35.3 Å². The van der Waals surface area contributed by atoms with E-state index in [4.69, 9.17) is 0 Å². The van der Waals surface area contributed by atoms with Crippen LogP contribution in [0.25, 0.3) is 0 Å². The van der Waals surface area contributed by atoms with Gasteiger partial charge in [-0.15, -0.1) is 35.3 Å². The van der Waals surface area contributed by atoms with Crippen molar-refractivity contribution in [3.8, 4) is 0 Å². The van der Waals surface area contributed by atoms with E-state index in [0.717, 1.165) is 29.6 Å². The molecule has 1 aliphatic carbocycles. The molecule has 2 N–H and O–H groups in total. The summed E-state index contributed by atoms with van der Waals surface area (Å²) in [6.07, 6.45) is -0.898. The van der Waals surface area contributed by atoms with E-state index in [0.29, 0.717) is 29.5 Å². The Morgan fingerprint density at radius 2 is 2.17 bits per heavy atom. The molecule has 1 saturated carbocycles. The Bertz CT molecular complexity index is 518. The Labute approximate surface area is 155 Å². The van der Waals surface area contributed by atoms with Crippen LogP contribution in [0.1, 0.15) is 43.8 Å². The van der Waals surface area contributed by atoms with Crippen LogP contribution in [0.3, 0.4) is 0 Å². The van der Waals surface area contributed by atoms with Gasteiger partial charge in [0.15, 0.2) is 11.7 Å². The average molecular weight is 462 g/mol. The van der Waals surface area contributed by atoms with Crippen molar-refractivity contribution >= 4 is 41.3 Å². The fraction of sp³-hybridized carbons (Fsp3) is 0.714. The van der Waals surface area contributed by atoms with Crippen LogP contribution in [-0.2, 0) is 12.7 Å². The summed E-state index contributed by atoms with van der Waals surface area (Å²) in [6.45, 7) is 4.98. The third kappa shape index (κ3) is 6.44. The minimum atomic E-state index is -4.39. The lowest BCUT2D eigenvalue weighted by molar-refractivity contribution is -0.140. The first-order valence-electron chi connectivity index (χ1n) is 7.50. The van der Waals surface area contributed by atoms with Crippen molar-refractivity contribution in [1.82, 2.24) is 15.6 Å². The zero-order valence-electron chi connectivity index (χ0n) is 13.1. The summed E-state index contributed by atoms with van der Waals surface area (Å²) in [6, 6.07) is 0.430. The number of alkyl halides is 3. The number of guanidine groups is 1. The van der Waals surface area contributed by atoms with Gasteiger partial charge in [0.1, 0.15) is 5.01 Å². The van der Waals surface area contributed by atoms with Crippen LogP contribution in [0.4, 0.5) is 13.2 Å². The van der Waals surface area contributed by atoms with Gasteiger partial charge >= 0.3 is 6.18 Å². The lowest BCUT2D eigenvalue weighted by atomic mass is 10.2. The van der Waals surface area contributed by atoms with Gasteiger partial charge in [0.05, 0.1) is 6.54 Å². The van der Waals surface area contributed by atoms with E-state index in [1.165, 1.54) is 6.42 Å². The van der Waals surface area contributed by atoms with E-state index < -0.39 is 11.9 Å². The summed E-state index contributed by atoms with van der Waals surface area (Å²) in [4.78, 5) is 7.91. The summed E-state index contributed by atoms with van der Waals surface area (Å²) in [5.41, 5.74) is -0.842. The maximum absolute atomic E-state index is 12.5. The van der Waals surface area contributed by atoms with Crippen LogP contribution in [0.5, 0.6) is 0 Å². The van der Waals surface area contributed by atoms with E-state index >= 15 is 0 Å². The van der Waals surface area contributed by atoms with E-state index in [-0.39, 0.29) is 30.5 Å². The highest BCUT2D eigenvalue weighted by molar-refractivity contribution is 14.0. The molecule has 0 aliphatic heterocycles. The highest BCUT2D eigenvalue weighted by atomic mass is 127. The van der Waals surface area contributed by atoms with Crippen molar-refractivity contribution < 1.29 is 13.2 Å². The maximum atomic E-state index is 12.5. The van der Waals surface area contributed by atoms with E-state index in [2.05, 4.69) is 27.5 Å². The quantitative estimate of drug-likeness (QED) is 0.382. The first kappa shape index (κ1) is 20.5. The van der Waals surface area contributed by atoms with Crippen LogP contribution in [0, 0.1) is 5.92 Å². The van der Waals surface area contributed by atoms with Gasteiger partial charge in [-0.05, 0) is 25.7 Å². The number of aliphatic imine (C=N–C) groups is 1. The number of rotatable bonds is 6. The molecule has 1 aromatic rings.